The lowest BCUT2D eigenvalue weighted by molar-refractivity contribution is -0.115. The molecule has 9 heteroatoms. The van der Waals surface area contributed by atoms with E-state index in [2.05, 4.69) is 15.6 Å². The van der Waals surface area contributed by atoms with Gasteiger partial charge in [-0.2, -0.15) is 0 Å². The van der Waals surface area contributed by atoms with E-state index in [9.17, 15) is 9.90 Å². The molecule has 0 unspecified atom stereocenters. The van der Waals surface area contributed by atoms with Crippen molar-refractivity contribution in [3.63, 3.8) is 0 Å². The first-order valence-corrected chi connectivity index (χ1v) is 11.3. The van der Waals surface area contributed by atoms with Gasteiger partial charge in [0.15, 0.2) is 10.7 Å². The molecule has 3 N–H and O–H groups in total. The predicted molar refractivity (Wildman–Crippen MR) is 140 cm³/mol. The summed E-state index contributed by atoms with van der Waals surface area (Å²) in [5.74, 6) is -0.158. The molecule has 172 valence electrons. The fraction of sp³-hybridized carbons (Fsp3) is 0.0800. The van der Waals surface area contributed by atoms with Gasteiger partial charge >= 0.3 is 0 Å². The number of hydrogen-bond acceptors (Lipinski definition) is 5. The number of nitrogens with one attached hydrogen (secondary N) is 2. The Hall–Kier alpha value is -3.39. The molecule has 1 aromatic heterocycles. The van der Waals surface area contributed by atoms with Gasteiger partial charge < -0.3 is 14.8 Å². The Bertz CT molecular complexity index is 1420. The number of hydrogen-bond donors (Lipinski definition) is 3. The van der Waals surface area contributed by atoms with E-state index in [1.54, 1.807) is 36.4 Å². The minimum atomic E-state index is -0.438. The Morgan fingerprint density at radius 1 is 1.09 bits per heavy atom. The number of aryl methyl sites for hydroxylation is 2. The van der Waals surface area contributed by atoms with E-state index >= 15 is 0 Å². The zero-order valence-corrected chi connectivity index (χ0v) is 20.5. The van der Waals surface area contributed by atoms with E-state index in [0.717, 1.165) is 11.1 Å². The van der Waals surface area contributed by atoms with Crippen LogP contribution in [0.15, 0.2) is 59.0 Å². The van der Waals surface area contributed by atoms with Crippen molar-refractivity contribution >= 4 is 69.3 Å². The molecule has 0 saturated carbocycles. The third-order valence-corrected chi connectivity index (χ3v) is 5.87. The number of benzene rings is 3. The summed E-state index contributed by atoms with van der Waals surface area (Å²) in [5, 5.41) is 16.9. The number of rotatable bonds is 4. The smallest absolute Gasteiger partial charge is 0.250 e. The van der Waals surface area contributed by atoms with Crippen LogP contribution >= 0.6 is 35.4 Å². The molecule has 1 heterocycles. The van der Waals surface area contributed by atoms with Gasteiger partial charge in [-0.3, -0.25) is 10.1 Å². The lowest BCUT2D eigenvalue weighted by Gasteiger charge is -2.10. The Morgan fingerprint density at radius 3 is 2.62 bits per heavy atom. The van der Waals surface area contributed by atoms with Gasteiger partial charge in [-0.1, -0.05) is 29.3 Å². The quantitative estimate of drug-likeness (QED) is 0.161. The second-order valence-electron chi connectivity index (χ2n) is 7.60. The summed E-state index contributed by atoms with van der Waals surface area (Å²) < 4.78 is 5.86. The lowest BCUT2D eigenvalue weighted by atomic mass is 10.1. The minimum absolute atomic E-state index is 0.00304. The molecule has 6 nitrogen and oxygen atoms in total. The highest BCUT2D eigenvalue weighted by molar-refractivity contribution is 7.80. The minimum Gasteiger partial charge on any atom is -0.507 e. The fourth-order valence-corrected chi connectivity index (χ4v) is 3.89. The first-order chi connectivity index (χ1) is 16.2. The predicted octanol–water partition coefficient (Wildman–Crippen LogP) is 6.65. The number of oxazole rings is 1. The molecule has 4 aromatic rings. The summed E-state index contributed by atoms with van der Waals surface area (Å²) in [6.07, 6.45) is 2.87. The van der Waals surface area contributed by atoms with Crippen LogP contribution in [0, 0.1) is 13.8 Å². The Kier molecular flexibility index (Phi) is 6.88. The molecule has 34 heavy (non-hydrogen) atoms. The summed E-state index contributed by atoms with van der Waals surface area (Å²) in [6, 6.07) is 13.6. The van der Waals surface area contributed by atoms with Gasteiger partial charge in [-0.25, -0.2) is 4.98 Å². The maximum Gasteiger partial charge on any atom is 0.250 e. The van der Waals surface area contributed by atoms with Crippen molar-refractivity contribution in [1.29, 1.82) is 0 Å². The van der Waals surface area contributed by atoms with Crippen LogP contribution in [0.2, 0.25) is 10.0 Å². The van der Waals surface area contributed by atoms with Crippen LogP contribution in [0.3, 0.4) is 0 Å². The van der Waals surface area contributed by atoms with Crippen LogP contribution in [0.1, 0.15) is 16.7 Å². The third kappa shape index (κ3) is 5.39. The van der Waals surface area contributed by atoms with Crippen LogP contribution in [0.5, 0.6) is 5.75 Å². The highest BCUT2D eigenvalue weighted by Crippen LogP contribution is 2.34. The second-order valence-corrected chi connectivity index (χ2v) is 8.85. The van der Waals surface area contributed by atoms with Crippen LogP contribution < -0.4 is 10.6 Å². The number of thiocarbonyl (C=S) groups is 1. The zero-order chi connectivity index (χ0) is 24.4. The molecule has 0 bridgehead atoms. The van der Waals surface area contributed by atoms with E-state index in [-0.39, 0.29) is 16.8 Å². The molecule has 4 rings (SSSR count). The van der Waals surface area contributed by atoms with Gasteiger partial charge in [0.25, 0.3) is 0 Å². The van der Waals surface area contributed by atoms with Crippen LogP contribution in [-0.2, 0) is 4.79 Å². The number of aromatic hydroxyl groups is 1. The number of carbonyl (C=O) groups excluding carboxylic acids is 1. The first-order valence-electron chi connectivity index (χ1n) is 10.2. The topological polar surface area (TPSA) is 87.4 Å². The van der Waals surface area contributed by atoms with Crippen LogP contribution in [-0.4, -0.2) is 21.1 Å². The monoisotopic (exact) mass is 511 g/mol. The van der Waals surface area contributed by atoms with Crippen molar-refractivity contribution in [2.24, 2.45) is 0 Å². The summed E-state index contributed by atoms with van der Waals surface area (Å²) >= 11 is 17.2. The highest BCUT2D eigenvalue weighted by Gasteiger charge is 2.15. The standard InChI is InChI=1S/C25H19Cl2N3O3S/c1-13-9-20-22(10-14(13)2)33-24(29-20)18-12-17(6-7-21(18)31)28-25(34)30-23(32)8-4-15-3-5-16(26)11-19(15)27/h3-12,31H,1-2H3,(H2,28,30,32,34)/b8-4+. The number of halogens is 2. The van der Waals surface area contributed by atoms with Gasteiger partial charge in [0.2, 0.25) is 11.8 Å². The highest BCUT2D eigenvalue weighted by atomic mass is 35.5. The van der Waals surface area contributed by atoms with Crippen molar-refractivity contribution in [3.8, 4) is 17.2 Å². The van der Waals surface area contributed by atoms with E-state index in [1.165, 1.54) is 12.1 Å². The van der Waals surface area contributed by atoms with Crippen molar-refractivity contribution in [3.05, 3.63) is 81.3 Å². The van der Waals surface area contributed by atoms with Gasteiger partial charge in [0, 0.05) is 21.8 Å². The van der Waals surface area contributed by atoms with E-state index < -0.39 is 5.91 Å². The molecule has 0 aliphatic rings. The maximum absolute atomic E-state index is 12.2. The largest absolute Gasteiger partial charge is 0.507 e. The molecule has 0 aliphatic heterocycles. The van der Waals surface area contributed by atoms with E-state index in [0.29, 0.717) is 38.0 Å². The molecular formula is C25H19Cl2N3O3S. The normalized spacial score (nSPS) is 11.2. The summed E-state index contributed by atoms with van der Waals surface area (Å²) in [4.78, 5) is 16.7. The molecule has 1 amide bonds. The molecule has 0 radical (unpaired) electrons. The second kappa shape index (κ2) is 9.85. The van der Waals surface area contributed by atoms with Gasteiger partial charge in [-0.05, 0) is 91.3 Å². The average Bonchev–Trinajstić information content (AvgIpc) is 3.17. The average molecular weight is 512 g/mol. The summed E-state index contributed by atoms with van der Waals surface area (Å²) in [7, 11) is 0. The molecular weight excluding hydrogens is 493 g/mol. The molecule has 0 saturated heterocycles. The number of carbonyl (C=O) groups is 1. The van der Waals surface area contributed by atoms with Gasteiger partial charge in [-0.15, -0.1) is 0 Å². The van der Waals surface area contributed by atoms with Crippen LogP contribution in [0.4, 0.5) is 5.69 Å². The molecule has 3 aromatic carbocycles. The Morgan fingerprint density at radius 2 is 1.85 bits per heavy atom. The Balaban J connectivity index is 1.47. The molecule has 0 spiro atoms. The third-order valence-electron chi connectivity index (χ3n) is 5.10. The van der Waals surface area contributed by atoms with Crippen molar-refractivity contribution in [1.82, 2.24) is 10.3 Å². The molecule has 0 aliphatic carbocycles. The van der Waals surface area contributed by atoms with E-state index in [4.69, 9.17) is 39.8 Å². The van der Waals surface area contributed by atoms with Crippen molar-refractivity contribution in [2.75, 3.05) is 5.32 Å². The summed E-state index contributed by atoms with van der Waals surface area (Å²) in [5.41, 5.74) is 5.09. The number of amides is 1. The number of phenolic OH excluding ortho intramolecular Hbond substituents is 1. The van der Waals surface area contributed by atoms with Crippen LogP contribution in [0.25, 0.3) is 28.6 Å². The molecule has 0 fully saturated rings. The number of aromatic nitrogens is 1. The number of nitrogens with zero attached hydrogens (tertiary/aromatic N) is 1. The first kappa shape index (κ1) is 23.8. The van der Waals surface area contributed by atoms with Crippen molar-refractivity contribution < 1.29 is 14.3 Å². The SMILES string of the molecule is Cc1cc2nc(-c3cc(NC(=S)NC(=O)/C=C/c4ccc(Cl)cc4Cl)ccc3O)oc2cc1C. The zero-order valence-electron chi connectivity index (χ0n) is 18.1. The van der Waals surface area contributed by atoms with Crippen molar-refractivity contribution in [2.45, 2.75) is 13.8 Å². The fourth-order valence-electron chi connectivity index (χ4n) is 3.20. The number of phenols is 1. The van der Waals surface area contributed by atoms with E-state index in [1.807, 2.05) is 26.0 Å². The van der Waals surface area contributed by atoms with Gasteiger partial charge in [0.1, 0.15) is 11.3 Å². The number of anilines is 1. The maximum atomic E-state index is 12.2. The Labute approximate surface area is 211 Å². The van der Waals surface area contributed by atoms with Gasteiger partial charge in [0.05, 0.1) is 5.56 Å². The summed E-state index contributed by atoms with van der Waals surface area (Å²) in [6.45, 7) is 3.99. The number of fused-ring (bicyclic) bond motifs is 1. The molecule has 0 atom stereocenters. The lowest BCUT2D eigenvalue weighted by Crippen LogP contribution is -2.32.